The first-order chi connectivity index (χ1) is 38.3. The van der Waals surface area contributed by atoms with Crippen LogP contribution in [0, 0.1) is 0 Å². The van der Waals surface area contributed by atoms with E-state index in [9.17, 15) is 74.8 Å². The van der Waals surface area contributed by atoms with Crippen molar-refractivity contribution in [1.29, 1.82) is 0 Å². The van der Waals surface area contributed by atoms with Gasteiger partial charge in [-0.1, -0.05) is 32.4 Å². The molecule has 6 rings (SSSR count). The molecule has 0 radical (unpaired) electrons. The molecule has 454 valence electrons. The second-order valence-corrected chi connectivity index (χ2v) is 27.2. The van der Waals surface area contributed by atoms with E-state index in [1.807, 2.05) is 4.90 Å². The molecule has 0 aliphatic carbocycles. The van der Waals surface area contributed by atoms with Crippen LogP contribution in [0.25, 0.3) is 21.5 Å². The highest BCUT2D eigenvalue weighted by Crippen LogP contribution is 2.53. The topological polar surface area (TPSA) is 374 Å². The number of hydrogen-bond acceptors (Lipinski definition) is 19. The number of ether oxygens (including phenoxy) is 6. The molecule has 0 amide bonds. The maximum atomic E-state index is 12.8. The molecule has 0 spiro atoms. The van der Waals surface area contributed by atoms with E-state index in [1.54, 1.807) is 56.8 Å². The van der Waals surface area contributed by atoms with E-state index >= 15 is 0 Å². The standard InChI is InChI=1S/C52H68N2O23S5/c1-51(2)46(53(18-7-5-6-12-48(55)56)42-15-13-38-40(49(42)51)32-36(79(60,61)62)34-44(38)81(66,67)68)10-8-11-47-52(3,17-9-31-78(57,58)59)50-41-33-37(80(63,64)65)35-45(82(69,70)71)39(41)14-16-43(50)54(47)19-20-73-23-24-75-27-28-77-30-29-76-26-25-74-22-21-72-4/h8,10-11,13-16,32-35H,5-7,9,12,17-31H2,1-4H3,(H5-,55,56,57,58,59,60,61,62,63,64,65,66,67,68,69,70,71). The Balaban J connectivity index is 1.43. The van der Waals surface area contributed by atoms with E-state index in [0.29, 0.717) is 99.4 Å². The van der Waals surface area contributed by atoms with Crippen LogP contribution in [0.5, 0.6) is 0 Å². The van der Waals surface area contributed by atoms with Crippen LogP contribution in [0.3, 0.4) is 0 Å². The van der Waals surface area contributed by atoms with E-state index in [0.717, 1.165) is 12.1 Å². The molecule has 0 bridgehead atoms. The Kier molecular flexibility index (Phi) is 22.2. The SMILES string of the molecule is COCCOCCOCCOCCOCCOCC[N+]1=C(/C=C/C=C2/N(CCCCCC(=O)O)c3ccc4c(S(=O)(=O)O)cc(S(=O)(=O)O)cc4c3C2(C)C)C(C)(CCCS(=O)(=O)O)c2c1ccc1c(S(=O)(=O)[O-])cc(S(=O)(=O)O)cc21. The molecule has 25 nitrogen and oxygen atoms in total. The number of aliphatic carboxylic acids is 1. The second kappa shape index (κ2) is 27.4. The molecule has 82 heavy (non-hydrogen) atoms. The Labute approximate surface area is 477 Å². The fourth-order valence-electron chi connectivity index (χ4n) is 10.4. The van der Waals surface area contributed by atoms with Crippen molar-refractivity contribution in [2.45, 2.75) is 89.7 Å². The van der Waals surface area contributed by atoms with Crippen LogP contribution in [0.2, 0.25) is 0 Å². The fourth-order valence-corrected chi connectivity index (χ4v) is 13.6. The van der Waals surface area contributed by atoms with Crippen LogP contribution < -0.4 is 4.90 Å². The van der Waals surface area contributed by atoms with Gasteiger partial charge in [-0.05, 0) is 91.4 Å². The number of carbonyl (C=O) groups is 1. The molecule has 0 saturated carbocycles. The van der Waals surface area contributed by atoms with Crippen molar-refractivity contribution < 1.29 is 108 Å². The molecular formula is C52H68N2O23S5. The summed E-state index contributed by atoms with van der Waals surface area (Å²) in [5, 5.41) is 9.00. The highest BCUT2D eigenvalue weighted by molar-refractivity contribution is 7.87. The quantitative estimate of drug-likeness (QED) is 0.0226. The zero-order valence-corrected chi connectivity index (χ0v) is 49.6. The van der Waals surface area contributed by atoms with Gasteiger partial charge in [-0.3, -0.25) is 23.0 Å². The summed E-state index contributed by atoms with van der Waals surface area (Å²) in [6.45, 7) is 8.67. The van der Waals surface area contributed by atoms with E-state index in [-0.39, 0.29) is 92.5 Å². The summed E-state index contributed by atoms with van der Waals surface area (Å²) in [7, 11) is -23.7. The number of nitrogens with zero attached hydrogens (tertiary/aromatic N) is 2. The maximum absolute atomic E-state index is 12.8. The highest BCUT2D eigenvalue weighted by atomic mass is 32.2. The van der Waals surface area contributed by atoms with Crippen LogP contribution in [-0.2, 0) is 94.6 Å². The normalized spacial score (nSPS) is 17.3. The number of rotatable bonds is 34. The summed E-state index contributed by atoms with van der Waals surface area (Å²) in [4.78, 5) is 9.78. The Morgan fingerprint density at radius 3 is 1.65 bits per heavy atom. The molecule has 5 N–H and O–H groups in total. The summed E-state index contributed by atoms with van der Waals surface area (Å²) >= 11 is 0. The maximum Gasteiger partial charge on any atom is 0.303 e. The Hall–Kier alpha value is -4.87. The van der Waals surface area contributed by atoms with E-state index in [1.165, 1.54) is 18.2 Å². The van der Waals surface area contributed by atoms with Crippen molar-refractivity contribution in [3.05, 3.63) is 83.6 Å². The fraction of sp³-hybridized carbons (Fsp3) is 0.500. The number of fused-ring (bicyclic) bond motifs is 6. The first-order valence-electron chi connectivity index (χ1n) is 25.8. The molecule has 2 aliphatic rings. The van der Waals surface area contributed by atoms with Gasteiger partial charge in [0.25, 0.3) is 40.5 Å². The van der Waals surface area contributed by atoms with Gasteiger partial charge in [-0.25, -0.2) is 8.42 Å². The number of hydrogen-bond donors (Lipinski definition) is 5. The second-order valence-electron chi connectivity index (χ2n) is 20.0. The van der Waals surface area contributed by atoms with Gasteiger partial charge in [0.2, 0.25) is 5.69 Å². The van der Waals surface area contributed by atoms with Gasteiger partial charge in [-0.2, -0.15) is 38.2 Å². The predicted molar refractivity (Wildman–Crippen MR) is 298 cm³/mol. The van der Waals surface area contributed by atoms with Gasteiger partial charge in [0.1, 0.15) is 21.6 Å². The number of benzene rings is 4. The third kappa shape index (κ3) is 16.5. The number of anilines is 1. The Morgan fingerprint density at radius 1 is 0.622 bits per heavy atom. The molecular weight excluding hydrogens is 1180 g/mol. The van der Waals surface area contributed by atoms with Crippen LogP contribution in [0.1, 0.15) is 70.4 Å². The minimum Gasteiger partial charge on any atom is -0.744 e. The summed E-state index contributed by atoms with van der Waals surface area (Å²) in [5.41, 5.74) is -0.252. The lowest BCUT2D eigenvalue weighted by Crippen LogP contribution is -2.33. The number of methoxy groups -OCH3 is 1. The number of carboxylic acid groups (broad SMARTS) is 1. The van der Waals surface area contributed by atoms with Gasteiger partial charge < -0.3 is 43.0 Å². The minimum atomic E-state index is -5.43. The van der Waals surface area contributed by atoms with Crippen molar-refractivity contribution in [3.63, 3.8) is 0 Å². The molecule has 2 aliphatic heterocycles. The number of allylic oxidation sites excluding steroid dienone is 4. The van der Waals surface area contributed by atoms with Crippen molar-refractivity contribution >= 4 is 95.2 Å². The lowest BCUT2D eigenvalue weighted by molar-refractivity contribution is -0.442. The van der Waals surface area contributed by atoms with Gasteiger partial charge in [0.05, 0.1) is 91.9 Å². The summed E-state index contributed by atoms with van der Waals surface area (Å²) < 4.78 is 215. The molecule has 4 aromatic rings. The highest BCUT2D eigenvalue weighted by Gasteiger charge is 2.49. The van der Waals surface area contributed by atoms with E-state index in [4.69, 9.17) is 28.4 Å². The van der Waals surface area contributed by atoms with E-state index in [2.05, 4.69) is 0 Å². The zero-order valence-electron chi connectivity index (χ0n) is 45.5. The average molecular weight is 1250 g/mol. The summed E-state index contributed by atoms with van der Waals surface area (Å²) in [5.74, 6) is -1.73. The third-order valence-electron chi connectivity index (χ3n) is 14.0. The van der Waals surface area contributed by atoms with Crippen LogP contribution in [0.4, 0.5) is 11.4 Å². The van der Waals surface area contributed by atoms with Crippen LogP contribution >= 0.6 is 0 Å². The largest absolute Gasteiger partial charge is 0.744 e. The molecule has 0 aromatic heterocycles. The van der Waals surface area contributed by atoms with Crippen molar-refractivity contribution in [3.8, 4) is 0 Å². The van der Waals surface area contributed by atoms with Gasteiger partial charge in [0.15, 0.2) is 12.3 Å². The minimum absolute atomic E-state index is 0.00317. The third-order valence-corrected chi connectivity index (χ3v) is 18.3. The molecule has 0 fully saturated rings. The smallest absolute Gasteiger partial charge is 0.303 e. The molecule has 4 aromatic carbocycles. The lowest BCUT2D eigenvalue weighted by Gasteiger charge is -2.27. The van der Waals surface area contributed by atoms with E-state index < -0.39 is 92.7 Å². The van der Waals surface area contributed by atoms with Crippen LogP contribution in [0.15, 0.2) is 92.0 Å². The average Bonchev–Trinajstić information content (AvgIpc) is 2.32. The monoisotopic (exact) mass is 1250 g/mol. The van der Waals surface area contributed by atoms with Crippen molar-refractivity contribution in [2.75, 3.05) is 104 Å². The predicted octanol–water partition coefficient (Wildman–Crippen LogP) is 5.27. The zero-order chi connectivity index (χ0) is 60.5. The van der Waals surface area contributed by atoms with Crippen molar-refractivity contribution in [2.24, 2.45) is 0 Å². The first kappa shape index (κ1) is 66.3. The Morgan fingerprint density at radius 2 is 1.13 bits per heavy atom. The number of unbranched alkanes of at least 4 members (excludes halogenated alkanes) is 2. The van der Waals surface area contributed by atoms with Gasteiger partial charge in [0, 0.05) is 65.4 Å². The molecule has 30 heteroatoms. The van der Waals surface area contributed by atoms with Gasteiger partial charge >= 0.3 is 5.97 Å². The molecule has 0 saturated heterocycles. The first-order valence-corrected chi connectivity index (χ1v) is 33.1. The summed E-state index contributed by atoms with van der Waals surface area (Å²) in [6.07, 6.45) is 5.76. The lowest BCUT2D eigenvalue weighted by atomic mass is 9.74. The molecule has 1 atom stereocenters. The summed E-state index contributed by atoms with van der Waals surface area (Å²) in [6, 6.07) is 9.06. The van der Waals surface area contributed by atoms with Gasteiger partial charge in [-0.15, -0.1) is 0 Å². The molecule has 1 unspecified atom stereocenters. The molecule has 2 heterocycles. The van der Waals surface area contributed by atoms with Crippen molar-refractivity contribution in [1.82, 2.24) is 0 Å². The van der Waals surface area contributed by atoms with Crippen LogP contribution in [-0.4, -0.2) is 185 Å². The number of carboxylic acids is 1. The Bertz CT molecular complexity index is 3690.